The highest BCUT2D eigenvalue weighted by Gasteiger charge is 2.33. The summed E-state index contributed by atoms with van der Waals surface area (Å²) in [5.41, 5.74) is 0.900. The van der Waals surface area contributed by atoms with Crippen LogP contribution >= 0.6 is 0 Å². The van der Waals surface area contributed by atoms with E-state index in [9.17, 15) is 22.4 Å². The summed E-state index contributed by atoms with van der Waals surface area (Å²) in [6.45, 7) is 7.12. The second-order valence-electron chi connectivity index (χ2n) is 9.49. The summed E-state index contributed by atoms with van der Waals surface area (Å²) in [5, 5.41) is 2.84. The van der Waals surface area contributed by atoms with Gasteiger partial charge >= 0.3 is 0 Å². The first-order chi connectivity index (χ1) is 19.1. The van der Waals surface area contributed by atoms with Crippen LogP contribution in [0.25, 0.3) is 0 Å². The number of rotatable bonds is 13. The molecule has 0 saturated carbocycles. The van der Waals surface area contributed by atoms with E-state index in [-0.39, 0.29) is 23.4 Å². The van der Waals surface area contributed by atoms with Gasteiger partial charge < -0.3 is 15.0 Å². The number of nitrogens with zero attached hydrogens (tertiary/aromatic N) is 2. The summed E-state index contributed by atoms with van der Waals surface area (Å²) in [6.07, 6.45) is 0.294. The number of sulfonamides is 1. The first kappa shape index (κ1) is 30.6. The van der Waals surface area contributed by atoms with Crippen molar-refractivity contribution >= 4 is 27.5 Å². The van der Waals surface area contributed by atoms with Gasteiger partial charge in [-0.2, -0.15) is 0 Å². The van der Waals surface area contributed by atoms with E-state index < -0.39 is 34.3 Å². The van der Waals surface area contributed by atoms with Crippen LogP contribution in [0.3, 0.4) is 0 Å². The van der Waals surface area contributed by atoms with Crippen LogP contribution in [0.2, 0.25) is 0 Å². The quantitative estimate of drug-likeness (QED) is 0.321. The molecular formula is C30H36FN3O5S. The van der Waals surface area contributed by atoms with Crippen molar-refractivity contribution < 1.29 is 27.1 Å². The van der Waals surface area contributed by atoms with E-state index in [1.54, 1.807) is 49.4 Å². The Morgan fingerprint density at radius 2 is 1.55 bits per heavy atom. The van der Waals surface area contributed by atoms with Gasteiger partial charge in [-0.05, 0) is 81.3 Å². The van der Waals surface area contributed by atoms with Gasteiger partial charge in [0.25, 0.3) is 10.0 Å². The Morgan fingerprint density at radius 3 is 2.10 bits per heavy atom. The summed E-state index contributed by atoms with van der Waals surface area (Å²) in [4.78, 5) is 28.4. The molecule has 0 radical (unpaired) electrons. The highest BCUT2D eigenvalue weighted by atomic mass is 32.2. The SMILES string of the molecule is CCOc1ccc(S(=O)(=O)N(CC(=O)N(Cc2ccc(F)cc2)[C@@H](CC)C(=O)NC(C)C)c2ccccc2)cc1. The maximum absolute atomic E-state index is 14.0. The fourth-order valence-electron chi connectivity index (χ4n) is 4.21. The molecule has 3 rings (SSSR count). The first-order valence-corrected chi connectivity index (χ1v) is 14.7. The third-order valence-electron chi connectivity index (χ3n) is 6.13. The molecule has 0 saturated heterocycles. The van der Waals surface area contributed by atoms with Crippen LogP contribution in [-0.4, -0.2) is 50.4 Å². The molecule has 0 heterocycles. The minimum absolute atomic E-state index is 0.00509. The number of hydrogen-bond acceptors (Lipinski definition) is 5. The van der Waals surface area contributed by atoms with Gasteiger partial charge in [-0.3, -0.25) is 13.9 Å². The minimum atomic E-state index is -4.18. The summed E-state index contributed by atoms with van der Waals surface area (Å²) in [7, 11) is -4.18. The Kier molecular flexibility index (Phi) is 10.7. The van der Waals surface area contributed by atoms with Gasteiger partial charge in [-0.25, -0.2) is 12.8 Å². The lowest BCUT2D eigenvalue weighted by atomic mass is 10.1. The van der Waals surface area contributed by atoms with E-state index in [1.165, 1.54) is 41.3 Å². The molecule has 214 valence electrons. The van der Waals surface area contributed by atoms with Crippen LogP contribution in [0.1, 0.15) is 39.7 Å². The van der Waals surface area contributed by atoms with Gasteiger partial charge in [-0.15, -0.1) is 0 Å². The third kappa shape index (κ3) is 7.81. The van der Waals surface area contributed by atoms with Crippen molar-refractivity contribution in [2.75, 3.05) is 17.5 Å². The van der Waals surface area contributed by atoms with E-state index >= 15 is 0 Å². The van der Waals surface area contributed by atoms with Gasteiger partial charge in [-0.1, -0.05) is 37.3 Å². The monoisotopic (exact) mass is 569 g/mol. The third-order valence-corrected chi connectivity index (χ3v) is 7.92. The highest BCUT2D eigenvalue weighted by Crippen LogP contribution is 2.26. The number of ether oxygens (including phenoxy) is 1. The van der Waals surface area contributed by atoms with Crippen LogP contribution in [0, 0.1) is 5.82 Å². The van der Waals surface area contributed by atoms with E-state index in [1.807, 2.05) is 20.8 Å². The van der Waals surface area contributed by atoms with Crippen LogP contribution in [0.5, 0.6) is 5.75 Å². The zero-order valence-corrected chi connectivity index (χ0v) is 24.0. The molecule has 8 nitrogen and oxygen atoms in total. The average Bonchev–Trinajstić information content (AvgIpc) is 2.93. The number of carbonyl (C=O) groups is 2. The van der Waals surface area contributed by atoms with Gasteiger partial charge in [0.2, 0.25) is 11.8 Å². The zero-order chi connectivity index (χ0) is 29.3. The maximum atomic E-state index is 14.0. The molecule has 0 aliphatic rings. The maximum Gasteiger partial charge on any atom is 0.264 e. The Bertz CT molecular complexity index is 1360. The average molecular weight is 570 g/mol. The van der Waals surface area contributed by atoms with Crippen molar-refractivity contribution in [3.63, 3.8) is 0 Å². The second kappa shape index (κ2) is 13.9. The molecule has 10 heteroatoms. The molecule has 0 aromatic heterocycles. The Hall–Kier alpha value is -3.92. The molecular weight excluding hydrogens is 533 g/mol. The summed E-state index contributed by atoms with van der Waals surface area (Å²) >= 11 is 0. The van der Waals surface area contributed by atoms with Crippen molar-refractivity contribution in [1.29, 1.82) is 0 Å². The van der Waals surface area contributed by atoms with Crippen molar-refractivity contribution in [2.45, 2.75) is 57.6 Å². The van der Waals surface area contributed by atoms with Gasteiger partial charge in [0.15, 0.2) is 0 Å². The zero-order valence-electron chi connectivity index (χ0n) is 23.2. The van der Waals surface area contributed by atoms with Crippen molar-refractivity contribution in [3.05, 3.63) is 90.2 Å². The molecule has 0 bridgehead atoms. The van der Waals surface area contributed by atoms with Crippen molar-refractivity contribution in [2.24, 2.45) is 0 Å². The number of nitrogens with one attached hydrogen (secondary N) is 1. The molecule has 0 fully saturated rings. The fraction of sp³-hybridized carbons (Fsp3) is 0.333. The number of anilines is 1. The Balaban J connectivity index is 2.02. The number of carbonyl (C=O) groups excluding carboxylic acids is 2. The predicted molar refractivity (Wildman–Crippen MR) is 153 cm³/mol. The van der Waals surface area contributed by atoms with E-state index in [0.29, 0.717) is 30.0 Å². The van der Waals surface area contributed by atoms with E-state index in [2.05, 4.69) is 5.32 Å². The minimum Gasteiger partial charge on any atom is -0.494 e. The Morgan fingerprint density at radius 1 is 0.925 bits per heavy atom. The number of hydrogen-bond donors (Lipinski definition) is 1. The molecule has 1 atom stereocenters. The topological polar surface area (TPSA) is 96.0 Å². The molecule has 0 spiro atoms. The number of para-hydroxylation sites is 1. The van der Waals surface area contributed by atoms with E-state index in [0.717, 1.165) is 4.31 Å². The van der Waals surface area contributed by atoms with Crippen LogP contribution < -0.4 is 14.4 Å². The van der Waals surface area contributed by atoms with Crippen LogP contribution in [-0.2, 0) is 26.2 Å². The summed E-state index contributed by atoms with van der Waals surface area (Å²) in [6, 6.07) is 18.9. The van der Waals surface area contributed by atoms with Crippen molar-refractivity contribution in [1.82, 2.24) is 10.2 Å². The normalized spacial score (nSPS) is 12.1. The lowest BCUT2D eigenvalue weighted by Crippen LogP contribution is -2.53. The first-order valence-electron chi connectivity index (χ1n) is 13.2. The standard InChI is InChI=1S/C30H36FN3O5S/c1-5-28(30(36)32-22(3)4)33(20-23-12-14-24(31)15-13-23)29(35)21-34(25-10-8-7-9-11-25)40(37,38)27-18-16-26(17-19-27)39-6-2/h7-19,22,28H,5-6,20-21H2,1-4H3,(H,32,36)/t28-/m0/s1. The predicted octanol–water partition coefficient (Wildman–Crippen LogP) is 4.75. The molecule has 40 heavy (non-hydrogen) atoms. The number of amides is 2. The van der Waals surface area contributed by atoms with Gasteiger partial charge in [0.1, 0.15) is 24.2 Å². The highest BCUT2D eigenvalue weighted by molar-refractivity contribution is 7.92. The molecule has 0 aliphatic carbocycles. The number of halogens is 1. The van der Waals surface area contributed by atoms with E-state index in [4.69, 9.17) is 4.74 Å². The van der Waals surface area contributed by atoms with Gasteiger partial charge in [0.05, 0.1) is 17.2 Å². The number of benzene rings is 3. The lowest BCUT2D eigenvalue weighted by molar-refractivity contribution is -0.140. The second-order valence-corrected chi connectivity index (χ2v) is 11.3. The summed E-state index contributed by atoms with van der Waals surface area (Å²) < 4.78 is 47.8. The largest absolute Gasteiger partial charge is 0.494 e. The fourth-order valence-corrected chi connectivity index (χ4v) is 5.63. The molecule has 0 unspecified atom stereocenters. The Labute approximate surface area is 235 Å². The van der Waals surface area contributed by atoms with Crippen LogP contribution in [0.15, 0.2) is 83.8 Å². The molecule has 3 aromatic carbocycles. The summed E-state index contributed by atoms with van der Waals surface area (Å²) in [5.74, 6) is -0.832. The van der Waals surface area contributed by atoms with Crippen molar-refractivity contribution in [3.8, 4) is 5.75 Å². The molecule has 2 amide bonds. The van der Waals surface area contributed by atoms with Crippen LogP contribution in [0.4, 0.5) is 10.1 Å². The molecule has 1 N–H and O–H groups in total. The molecule has 3 aromatic rings. The molecule has 0 aliphatic heterocycles. The van der Waals surface area contributed by atoms with Gasteiger partial charge in [0, 0.05) is 12.6 Å². The lowest BCUT2D eigenvalue weighted by Gasteiger charge is -2.33. The smallest absolute Gasteiger partial charge is 0.264 e.